The number of halogens is 1. The van der Waals surface area contributed by atoms with Gasteiger partial charge in [-0.3, -0.25) is 4.79 Å². The highest BCUT2D eigenvalue weighted by atomic mass is 35.5. The van der Waals surface area contributed by atoms with Gasteiger partial charge in [-0.25, -0.2) is 8.42 Å². The maximum absolute atomic E-state index is 12.8. The predicted octanol–water partition coefficient (Wildman–Crippen LogP) is 2.39. The minimum Gasteiger partial charge on any atom is -0.349 e. The second kappa shape index (κ2) is 9.87. The van der Waals surface area contributed by atoms with E-state index < -0.39 is 15.6 Å². The van der Waals surface area contributed by atoms with Gasteiger partial charge in [0, 0.05) is 25.2 Å². The Morgan fingerprint density at radius 3 is 2.52 bits per heavy atom. The van der Waals surface area contributed by atoms with Crippen molar-refractivity contribution in [3.8, 4) is 0 Å². The van der Waals surface area contributed by atoms with Crippen LogP contribution < -0.4 is 11.1 Å². The van der Waals surface area contributed by atoms with Crippen molar-refractivity contribution in [2.24, 2.45) is 17.6 Å². The van der Waals surface area contributed by atoms with Crippen LogP contribution in [-0.2, 0) is 14.8 Å². The lowest BCUT2D eigenvalue weighted by atomic mass is 9.89. The quantitative estimate of drug-likeness (QED) is 0.712. The number of nitrogens with two attached hydrogens (primary N) is 1. The van der Waals surface area contributed by atoms with Crippen LogP contribution in [0.1, 0.15) is 40.0 Å². The minimum atomic E-state index is -3.57. The Balaban J connectivity index is 0.00000364. The lowest BCUT2D eigenvalue weighted by Crippen LogP contribution is -2.55. The van der Waals surface area contributed by atoms with Gasteiger partial charge in [-0.15, -0.1) is 12.4 Å². The molecule has 154 valence electrons. The summed E-state index contributed by atoms with van der Waals surface area (Å²) in [5.74, 6) is -0.0444. The average Bonchev–Trinajstić information content (AvgIpc) is 2.62. The Hall–Kier alpha value is -1.15. The van der Waals surface area contributed by atoms with Crippen LogP contribution in [0, 0.1) is 11.8 Å². The first-order valence-corrected chi connectivity index (χ1v) is 10.7. The predicted molar refractivity (Wildman–Crippen MR) is 110 cm³/mol. The maximum Gasteiger partial charge on any atom is 0.243 e. The number of amides is 1. The number of carbonyl (C=O) groups is 1. The molecule has 1 aromatic rings. The molecule has 1 fully saturated rings. The molecule has 1 amide bonds. The molecule has 3 N–H and O–H groups in total. The first kappa shape index (κ1) is 23.9. The highest BCUT2D eigenvalue weighted by molar-refractivity contribution is 7.89. The van der Waals surface area contributed by atoms with Crippen molar-refractivity contribution in [3.63, 3.8) is 0 Å². The molecule has 2 unspecified atom stereocenters. The number of rotatable bonds is 7. The van der Waals surface area contributed by atoms with E-state index in [0.717, 1.165) is 6.42 Å². The van der Waals surface area contributed by atoms with Gasteiger partial charge in [0.25, 0.3) is 0 Å². The highest BCUT2D eigenvalue weighted by Crippen LogP contribution is 2.25. The third-order valence-electron chi connectivity index (χ3n) is 4.87. The van der Waals surface area contributed by atoms with E-state index in [1.54, 1.807) is 30.3 Å². The molecule has 0 saturated carbocycles. The maximum atomic E-state index is 12.8. The first-order chi connectivity index (χ1) is 12.2. The molecule has 1 aromatic carbocycles. The third-order valence-corrected chi connectivity index (χ3v) is 6.75. The fraction of sp³-hybridized carbons (Fsp3) is 0.632. The van der Waals surface area contributed by atoms with Crippen LogP contribution in [0.15, 0.2) is 35.2 Å². The normalized spacial score (nSPS) is 20.6. The molecule has 0 bridgehead atoms. The van der Waals surface area contributed by atoms with Crippen LogP contribution in [0.3, 0.4) is 0 Å². The van der Waals surface area contributed by atoms with Gasteiger partial charge in [0.1, 0.15) is 0 Å². The van der Waals surface area contributed by atoms with Crippen LogP contribution in [0.2, 0.25) is 0 Å². The molecule has 0 aromatic heterocycles. The van der Waals surface area contributed by atoms with Gasteiger partial charge in [0.15, 0.2) is 0 Å². The highest BCUT2D eigenvalue weighted by Gasteiger charge is 2.35. The molecule has 0 spiro atoms. The number of nitrogens with zero attached hydrogens (tertiary/aromatic N) is 1. The largest absolute Gasteiger partial charge is 0.349 e. The van der Waals surface area contributed by atoms with E-state index in [1.165, 1.54) is 4.31 Å². The number of benzene rings is 1. The van der Waals surface area contributed by atoms with Crippen molar-refractivity contribution in [1.82, 2.24) is 9.62 Å². The lowest BCUT2D eigenvalue weighted by molar-refractivity contribution is -0.128. The van der Waals surface area contributed by atoms with Gasteiger partial charge < -0.3 is 11.1 Å². The van der Waals surface area contributed by atoms with Crippen molar-refractivity contribution >= 4 is 28.3 Å². The topological polar surface area (TPSA) is 92.5 Å². The summed E-state index contributed by atoms with van der Waals surface area (Å²) < 4.78 is 27.1. The molecule has 0 radical (unpaired) electrons. The van der Waals surface area contributed by atoms with E-state index in [0.29, 0.717) is 31.8 Å². The summed E-state index contributed by atoms with van der Waals surface area (Å²) in [4.78, 5) is 13.0. The van der Waals surface area contributed by atoms with Crippen molar-refractivity contribution in [2.45, 2.75) is 50.5 Å². The van der Waals surface area contributed by atoms with Crippen molar-refractivity contribution < 1.29 is 13.2 Å². The molecule has 8 heteroatoms. The van der Waals surface area contributed by atoms with Crippen LogP contribution in [-0.4, -0.2) is 43.8 Å². The number of sulfonamides is 1. The summed E-state index contributed by atoms with van der Waals surface area (Å²) in [6.45, 7) is 7.15. The van der Waals surface area contributed by atoms with Gasteiger partial charge in [0.2, 0.25) is 15.9 Å². The monoisotopic (exact) mass is 417 g/mol. The smallest absolute Gasteiger partial charge is 0.243 e. The number of piperidine rings is 1. The van der Waals surface area contributed by atoms with Gasteiger partial charge in [-0.05, 0) is 44.2 Å². The average molecular weight is 418 g/mol. The summed E-state index contributed by atoms with van der Waals surface area (Å²) >= 11 is 0. The van der Waals surface area contributed by atoms with Crippen LogP contribution >= 0.6 is 12.4 Å². The summed E-state index contributed by atoms with van der Waals surface area (Å²) in [6.07, 6.45) is 2.15. The van der Waals surface area contributed by atoms with E-state index >= 15 is 0 Å². The zero-order chi connectivity index (χ0) is 19.4. The van der Waals surface area contributed by atoms with Crippen molar-refractivity contribution in [1.29, 1.82) is 0 Å². The Labute approximate surface area is 169 Å². The Kier molecular flexibility index (Phi) is 8.73. The molecule has 1 aliphatic rings. The van der Waals surface area contributed by atoms with Gasteiger partial charge >= 0.3 is 0 Å². The summed E-state index contributed by atoms with van der Waals surface area (Å²) in [5, 5.41) is 3.07. The number of hydrogen-bond acceptors (Lipinski definition) is 4. The molecular weight excluding hydrogens is 386 g/mol. The number of hydrogen-bond donors (Lipinski definition) is 2. The fourth-order valence-corrected chi connectivity index (χ4v) is 5.15. The van der Waals surface area contributed by atoms with E-state index in [4.69, 9.17) is 5.73 Å². The molecule has 6 nitrogen and oxygen atoms in total. The number of carbonyl (C=O) groups excluding carboxylic acids is 1. The first-order valence-electron chi connectivity index (χ1n) is 9.25. The second-order valence-electron chi connectivity index (χ2n) is 7.87. The third kappa shape index (κ3) is 6.17. The van der Waals surface area contributed by atoms with E-state index in [2.05, 4.69) is 19.2 Å². The molecule has 1 heterocycles. The summed E-state index contributed by atoms with van der Waals surface area (Å²) in [6, 6.07) is 8.38. The molecule has 27 heavy (non-hydrogen) atoms. The molecular formula is C19H32ClN3O3S. The molecule has 2 rings (SSSR count). The zero-order valence-electron chi connectivity index (χ0n) is 16.3. The van der Waals surface area contributed by atoms with E-state index in [9.17, 15) is 13.2 Å². The van der Waals surface area contributed by atoms with E-state index in [1.807, 2.05) is 6.92 Å². The van der Waals surface area contributed by atoms with Crippen molar-refractivity contribution in [2.75, 3.05) is 19.6 Å². The Bertz CT molecular complexity index is 712. The zero-order valence-corrected chi connectivity index (χ0v) is 18.0. The van der Waals surface area contributed by atoms with E-state index in [-0.39, 0.29) is 35.7 Å². The van der Waals surface area contributed by atoms with Gasteiger partial charge in [0.05, 0.1) is 10.8 Å². The molecule has 0 aliphatic carbocycles. The summed E-state index contributed by atoms with van der Waals surface area (Å²) in [7, 11) is -3.57. The lowest BCUT2D eigenvalue weighted by Gasteiger charge is -2.36. The Morgan fingerprint density at radius 2 is 1.96 bits per heavy atom. The minimum absolute atomic E-state index is 0. The van der Waals surface area contributed by atoms with Gasteiger partial charge in [-0.2, -0.15) is 4.31 Å². The standard InChI is InChI=1S/C19H31N3O3S.ClH/c1-15(2)12-19(3,14-20)21-18(23)16-8-7-11-22(13-16)26(24,25)17-9-5-4-6-10-17;/h4-6,9-10,15-16H,7-8,11-14,20H2,1-3H3,(H,21,23);1H. The van der Waals surface area contributed by atoms with Crippen LogP contribution in [0.25, 0.3) is 0 Å². The van der Waals surface area contributed by atoms with Crippen LogP contribution in [0.4, 0.5) is 0 Å². The Morgan fingerprint density at radius 1 is 1.33 bits per heavy atom. The van der Waals surface area contributed by atoms with Crippen molar-refractivity contribution in [3.05, 3.63) is 30.3 Å². The van der Waals surface area contributed by atoms with Gasteiger partial charge in [-0.1, -0.05) is 32.0 Å². The SMILES string of the molecule is CC(C)CC(C)(CN)NC(=O)C1CCCN(S(=O)(=O)c2ccccc2)C1.Cl. The molecule has 2 atom stereocenters. The number of nitrogens with one attached hydrogen (secondary N) is 1. The summed E-state index contributed by atoms with van der Waals surface area (Å²) in [5.41, 5.74) is 5.42. The molecule has 1 aliphatic heterocycles. The second-order valence-corrected chi connectivity index (χ2v) is 9.81. The molecule has 1 saturated heterocycles. The van der Waals surface area contributed by atoms with Crippen LogP contribution in [0.5, 0.6) is 0 Å². The fourth-order valence-electron chi connectivity index (χ4n) is 3.60.